The van der Waals surface area contributed by atoms with Gasteiger partial charge < -0.3 is 25.5 Å². The first-order chi connectivity index (χ1) is 17.8. The maximum absolute atomic E-state index is 14.0. The molecule has 0 radical (unpaired) electrons. The Labute approximate surface area is 224 Å². The van der Waals surface area contributed by atoms with Crippen molar-refractivity contribution in [2.45, 2.75) is 68.9 Å². The lowest BCUT2D eigenvalue weighted by Crippen LogP contribution is -2.55. The largest absolute Gasteiger partial charge is 0.396 e. The molecule has 3 N–H and O–H groups in total. The van der Waals surface area contributed by atoms with Crippen LogP contribution in [0.4, 0.5) is 11.4 Å². The second-order valence-corrected chi connectivity index (χ2v) is 12.1. The Morgan fingerprint density at radius 3 is 2.41 bits per heavy atom. The smallest absolute Gasteiger partial charge is 0.248 e. The van der Waals surface area contributed by atoms with Crippen LogP contribution < -0.4 is 15.5 Å². The molecule has 0 saturated carbocycles. The molecule has 3 unspecified atom stereocenters. The topological polar surface area (TPSA) is 102 Å². The lowest BCUT2D eigenvalue weighted by molar-refractivity contribution is -0.139. The monoisotopic (exact) mass is 530 g/mol. The number of nitrogens with one attached hydrogen (secondary N) is 2. The number of carbonyl (C=O) groups is 3. The highest BCUT2D eigenvalue weighted by atomic mass is 32.2. The van der Waals surface area contributed by atoms with Gasteiger partial charge in [0.25, 0.3) is 0 Å². The molecule has 6 atom stereocenters. The maximum Gasteiger partial charge on any atom is 0.248 e. The molecule has 3 heterocycles. The highest BCUT2D eigenvalue weighted by Crippen LogP contribution is 2.68. The fraction of sp³-hybridized carbons (Fsp3) is 0.679. The highest BCUT2D eigenvalue weighted by Gasteiger charge is 2.75. The number of thioether (sulfide) groups is 1. The van der Waals surface area contributed by atoms with Crippen molar-refractivity contribution in [1.82, 2.24) is 10.2 Å². The number of amides is 3. The molecule has 1 aromatic rings. The van der Waals surface area contributed by atoms with Gasteiger partial charge in [-0.3, -0.25) is 14.4 Å². The molecular formula is C28H42N4O4S. The van der Waals surface area contributed by atoms with Crippen LogP contribution in [0.15, 0.2) is 24.3 Å². The third-order valence-electron chi connectivity index (χ3n) is 8.61. The number of anilines is 2. The van der Waals surface area contributed by atoms with E-state index in [4.69, 9.17) is 5.11 Å². The van der Waals surface area contributed by atoms with Gasteiger partial charge in [-0.25, -0.2) is 0 Å². The summed E-state index contributed by atoms with van der Waals surface area (Å²) in [5.41, 5.74) is 1.82. The van der Waals surface area contributed by atoms with E-state index in [9.17, 15) is 14.4 Å². The summed E-state index contributed by atoms with van der Waals surface area (Å²) in [7, 11) is 1.62. The predicted octanol–water partition coefficient (Wildman–Crippen LogP) is 3.11. The van der Waals surface area contributed by atoms with Gasteiger partial charge in [-0.15, -0.1) is 11.8 Å². The van der Waals surface area contributed by atoms with Gasteiger partial charge in [0.05, 0.1) is 16.6 Å². The first kappa shape index (κ1) is 27.8. The van der Waals surface area contributed by atoms with Crippen LogP contribution in [0.5, 0.6) is 0 Å². The zero-order chi connectivity index (χ0) is 26.7. The summed E-state index contributed by atoms with van der Waals surface area (Å²) in [6, 6.07) is 7.26. The van der Waals surface area contributed by atoms with Gasteiger partial charge in [-0.2, -0.15) is 0 Å². The Balaban J connectivity index is 1.61. The number of unbranched alkanes of at least 4 members (excludes halogenated alkanes) is 3. The minimum Gasteiger partial charge on any atom is -0.396 e. The van der Waals surface area contributed by atoms with Crippen LogP contribution in [0.1, 0.15) is 52.9 Å². The van der Waals surface area contributed by atoms with E-state index in [2.05, 4.69) is 36.3 Å². The van der Waals surface area contributed by atoms with E-state index in [1.807, 2.05) is 24.3 Å². The summed E-state index contributed by atoms with van der Waals surface area (Å²) in [5, 5.41) is 15.0. The van der Waals surface area contributed by atoms with E-state index >= 15 is 0 Å². The Morgan fingerprint density at radius 2 is 1.78 bits per heavy atom. The number of rotatable bonds is 12. The van der Waals surface area contributed by atoms with Crippen molar-refractivity contribution in [3.63, 3.8) is 0 Å². The number of likely N-dealkylation sites (tertiary alicyclic amines) is 1. The fourth-order valence-electron chi connectivity index (χ4n) is 6.83. The van der Waals surface area contributed by atoms with Gasteiger partial charge in [-0.05, 0) is 63.3 Å². The van der Waals surface area contributed by atoms with Crippen molar-refractivity contribution in [2.24, 2.45) is 17.8 Å². The Hall–Kier alpha value is -2.26. The van der Waals surface area contributed by atoms with Crippen LogP contribution >= 0.6 is 11.8 Å². The molecule has 4 rings (SSSR count). The van der Waals surface area contributed by atoms with Gasteiger partial charge in [0.15, 0.2) is 0 Å². The summed E-state index contributed by atoms with van der Waals surface area (Å²) in [4.78, 5) is 44.9. The van der Waals surface area contributed by atoms with Gasteiger partial charge >= 0.3 is 0 Å². The average Bonchev–Trinajstić information content (AvgIpc) is 3.49. The molecule has 1 aromatic carbocycles. The van der Waals surface area contributed by atoms with E-state index in [1.54, 1.807) is 23.7 Å². The first-order valence-corrected chi connectivity index (χ1v) is 14.7. The molecule has 204 valence electrons. The molecule has 3 saturated heterocycles. The number of hydrogen-bond donors (Lipinski definition) is 3. The molecule has 3 aliphatic rings. The molecule has 8 nitrogen and oxygen atoms in total. The van der Waals surface area contributed by atoms with Crippen molar-refractivity contribution in [3.05, 3.63) is 24.3 Å². The van der Waals surface area contributed by atoms with Crippen molar-refractivity contribution in [3.8, 4) is 0 Å². The van der Waals surface area contributed by atoms with Crippen LogP contribution in [-0.4, -0.2) is 77.1 Å². The third-order valence-corrected chi connectivity index (χ3v) is 10.7. The Morgan fingerprint density at radius 1 is 1.11 bits per heavy atom. The van der Waals surface area contributed by atoms with Gasteiger partial charge in [0.1, 0.15) is 6.04 Å². The van der Waals surface area contributed by atoms with Crippen molar-refractivity contribution >= 4 is 40.9 Å². The molecule has 2 bridgehead atoms. The zero-order valence-corrected chi connectivity index (χ0v) is 23.4. The number of aliphatic hydroxyl groups is 1. The van der Waals surface area contributed by atoms with Crippen LogP contribution in [0.2, 0.25) is 0 Å². The van der Waals surface area contributed by atoms with E-state index < -0.39 is 22.6 Å². The molecule has 0 aliphatic carbocycles. The zero-order valence-electron chi connectivity index (χ0n) is 22.5. The number of fused-ring (bicyclic) bond motifs is 1. The summed E-state index contributed by atoms with van der Waals surface area (Å²) in [6.07, 6.45) is 4.11. The summed E-state index contributed by atoms with van der Waals surface area (Å²) in [6.45, 7) is 8.84. The number of carbonyl (C=O) groups excluding carboxylic acids is 3. The maximum atomic E-state index is 14.0. The van der Waals surface area contributed by atoms with E-state index in [-0.39, 0.29) is 35.5 Å². The molecular weight excluding hydrogens is 488 g/mol. The lowest BCUT2D eigenvalue weighted by atomic mass is 9.66. The average molecular weight is 531 g/mol. The van der Waals surface area contributed by atoms with Crippen molar-refractivity contribution < 1.29 is 19.5 Å². The van der Waals surface area contributed by atoms with E-state index in [0.717, 1.165) is 50.9 Å². The summed E-state index contributed by atoms with van der Waals surface area (Å²) in [5.74, 6) is -1.06. The molecule has 37 heavy (non-hydrogen) atoms. The molecule has 3 fully saturated rings. The predicted molar refractivity (Wildman–Crippen MR) is 149 cm³/mol. The highest BCUT2D eigenvalue weighted by molar-refractivity contribution is 8.02. The van der Waals surface area contributed by atoms with E-state index in [0.29, 0.717) is 12.2 Å². The van der Waals surface area contributed by atoms with Crippen LogP contribution in [0, 0.1) is 17.8 Å². The Bertz CT molecular complexity index is 985. The standard InChI is InChI=1S/C28H42N4O4S/c1-5-31(6-2)20-13-11-19(12-14-20)30-26(35)24-28-18(3)17-21(37-28)22(25(34)29-4)23(28)27(36)32(24)15-9-7-8-10-16-33/h11-14,18,21-24,33H,5-10,15-17H2,1-4H3,(H,29,34)(H,30,35)/t18?,21-,22+,23+,24?,28?/m1/s1. The molecule has 3 amide bonds. The molecule has 1 spiro atoms. The van der Waals surface area contributed by atoms with E-state index in [1.165, 1.54) is 0 Å². The quantitative estimate of drug-likeness (QED) is 0.359. The van der Waals surface area contributed by atoms with Gasteiger partial charge in [0.2, 0.25) is 17.7 Å². The van der Waals surface area contributed by atoms with Crippen LogP contribution in [0.3, 0.4) is 0 Å². The molecule has 0 aromatic heterocycles. The SMILES string of the molecule is CCN(CC)c1ccc(NC(=O)C2N(CCCCCCO)C(=O)[C@@H]3[C@@H](C(=O)NC)[C@H]4CC(C)C23S4)cc1. The first-order valence-electron chi connectivity index (χ1n) is 13.8. The number of benzene rings is 1. The molecule has 9 heteroatoms. The third kappa shape index (κ3) is 4.85. The second kappa shape index (κ2) is 11.6. The van der Waals surface area contributed by atoms with Crippen molar-refractivity contribution in [1.29, 1.82) is 0 Å². The molecule has 3 aliphatic heterocycles. The normalized spacial score (nSPS) is 29.9. The lowest BCUT2D eigenvalue weighted by Gasteiger charge is -2.38. The Kier molecular flexibility index (Phi) is 8.74. The van der Waals surface area contributed by atoms with Crippen LogP contribution in [0.25, 0.3) is 0 Å². The second-order valence-electron chi connectivity index (χ2n) is 10.5. The summed E-state index contributed by atoms with van der Waals surface area (Å²) >= 11 is 1.70. The number of hydrogen-bond acceptors (Lipinski definition) is 6. The summed E-state index contributed by atoms with van der Waals surface area (Å²) < 4.78 is -0.602. The van der Waals surface area contributed by atoms with Crippen LogP contribution in [-0.2, 0) is 14.4 Å². The number of aliphatic hydroxyl groups excluding tert-OH is 1. The minimum absolute atomic E-state index is 0.0549. The fourth-order valence-corrected chi connectivity index (χ4v) is 9.25. The van der Waals surface area contributed by atoms with Gasteiger partial charge in [0, 0.05) is 49.9 Å². The van der Waals surface area contributed by atoms with Gasteiger partial charge in [-0.1, -0.05) is 19.8 Å². The van der Waals surface area contributed by atoms with Crippen molar-refractivity contribution in [2.75, 3.05) is 43.5 Å². The number of nitrogens with zero attached hydrogens (tertiary/aromatic N) is 2. The minimum atomic E-state index is -0.620.